The predicted octanol–water partition coefficient (Wildman–Crippen LogP) is 2.96. The average molecular weight is 272 g/mol. The lowest BCUT2D eigenvalue weighted by atomic mass is 10.1. The van der Waals surface area contributed by atoms with Crippen molar-refractivity contribution in [3.05, 3.63) is 54.0 Å². The number of amides is 1. The molecule has 0 fully saturated rings. The highest BCUT2D eigenvalue weighted by molar-refractivity contribution is 5.84. The van der Waals surface area contributed by atoms with E-state index in [4.69, 9.17) is 4.42 Å². The number of rotatable bonds is 6. The first-order chi connectivity index (χ1) is 9.69. The van der Waals surface area contributed by atoms with Crippen LogP contribution >= 0.6 is 0 Å². The Labute approximate surface area is 119 Å². The van der Waals surface area contributed by atoms with Gasteiger partial charge in [-0.05, 0) is 43.2 Å². The SMILES string of the molecule is CCc1cccc(NC(C)C(=O)NCc2ccco2)c1. The Bertz CT molecular complexity index is 549. The fourth-order valence-corrected chi connectivity index (χ4v) is 1.94. The van der Waals surface area contributed by atoms with Gasteiger partial charge in [-0.3, -0.25) is 4.79 Å². The number of hydrogen-bond donors (Lipinski definition) is 2. The Kier molecular flexibility index (Phi) is 4.82. The third-order valence-electron chi connectivity index (χ3n) is 3.13. The number of benzene rings is 1. The monoisotopic (exact) mass is 272 g/mol. The molecule has 0 spiro atoms. The van der Waals surface area contributed by atoms with E-state index in [0.29, 0.717) is 6.54 Å². The standard InChI is InChI=1S/C16H20N2O2/c1-3-13-6-4-7-14(10-13)18-12(2)16(19)17-11-15-8-5-9-20-15/h4-10,12,18H,3,11H2,1-2H3,(H,17,19). The van der Waals surface area contributed by atoms with Crippen LogP contribution in [-0.4, -0.2) is 11.9 Å². The molecule has 0 bridgehead atoms. The van der Waals surface area contributed by atoms with Crippen molar-refractivity contribution in [3.63, 3.8) is 0 Å². The van der Waals surface area contributed by atoms with Crippen LogP contribution in [0.1, 0.15) is 25.2 Å². The van der Waals surface area contributed by atoms with E-state index in [-0.39, 0.29) is 11.9 Å². The predicted molar refractivity (Wildman–Crippen MR) is 79.5 cm³/mol. The topological polar surface area (TPSA) is 54.3 Å². The molecule has 4 heteroatoms. The Morgan fingerprint density at radius 3 is 2.85 bits per heavy atom. The lowest BCUT2D eigenvalue weighted by Gasteiger charge is -2.15. The van der Waals surface area contributed by atoms with Gasteiger partial charge >= 0.3 is 0 Å². The summed E-state index contributed by atoms with van der Waals surface area (Å²) in [5.41, 5.74) is 2.21. The molecule has 2 rings (SSSR count). The van der Waals surface area contributed by atoms with Crippen LogP contribution < -0.4 is 10.6 Å². The second kappa shape index (κ2) is 6.80. The maximum absolute atomic E-state index is 12.0. The zero-order valence-electron chi connectivity index (χ0n) is 11.8. The van der Waals surface area contributed by atoms with Crippen LogP contribution in [-0.2, 0) is 17.8 Å². The Balaban J connectivity index is 1.86. The largest absolute Gasteiger partial charge is 0.467 e. The molecule has 4 nitrogen and oxygen atoms in total. The molecular weight excluding hydrogens is 252 g/mol. The second-order valence-electron chi connectivity index (χ2n) is 4.72. The van der Waals surface area contributed by atoms with Crippen LogP contribution in [0.2, 0.25) is 0 Å². The molecule has 0 radical (unpaired) electrons. The van der Waals surface area contributed by atoms with Gasteiger partial charge < -0.3 is 15.1 Å². The second-order valence-corrected chi connectivity index (χ2v) is 4.72. The highest BCUT2D eigenvalue weighted by Crippen LogP contribution is 2.12. The van der Waals surface area contributed by atoms with Crippen molar-refractivity contribution in [1.29, 1.82) is 0 Å². The minimum atomic E-state index is -0.294. The molecule has 2 N–H and O–H groups in total. The maximum atomic E-state index is 12.0. The number of carbonyl (C=O) groups excluding carboxylic acids is 1. The first-order valence-electron chi connectivity index (χ1n) is 6.84. The van der Waals surface area contributed by atoms with Gasteiger partial charge in [0.25, 0.3) is 0 Å². The smallest absolute Gasteiger partial charge is 0.242 e. The summed E-state index contributed by atoms with van der Waals surface area (Å²) < 4.78 is 5.18. The summed E-state index contributed by atoms with van der Waals surface area (Å²) in [6, 6.07) is 11.5. The van der Waals surface area contributed by atoms with E-state index >= 15 is 0 Å². The molecule has 1 unspecified atom stereocenters. The molecule has 0 aliphatic carbocycles. The maximum Gasteiger partial charge on any atom is 0.242 e. The molecule has 1 aromatic carbocycles. The van der Waals surface area contributed by atoms with Crippen LogP contribution in [0.15, 0.2) is 47.1 Å². The lowest BCUT2D eigenvalue weighted by molar-refractivity contribution is -0.121. The zero-order chi connectivity index (χ0) is 14.4. The van der Waals surface area contributed by atoms with Gasteiger partial charge in [0.1, 0.15) is 11.8 Å². The first-order valence-corrected chi connectivity index (χ1v) is 6.84. The van der Waals surface area contributed by atoms with Crippen LogP contribution in [0.5, 0.6) is 0 Å². The number of carbonyl (C=O) groups is 1. The Morgan fingerprint density at radius 2 is 2.15 bits per heavy atom. The van der Waals surface area contributed by atoms with Gasteiger partial charge in [-0.2, -0.15) is 0 Å². The van der Waals surface area contributed by atoms with E-state index in [9.17, 15) is 4.79 Å². The molecule has 2 aromatic rings. The third kappa shape index (κ3) is 3.88. The summed E-state index contributed by atoms with van der Waals surface area (Å²) in [6.45, 7) is 4.36. The molecule has 1 amide bonds. The van der Waals surface area contributed by atoms with Gasteiger partial charge in [0.15, 0.2) is 0 Å². The van der Waals surface area contributed by atoms with Crippen molar-refractivity contribution in [1.82, 2.24) is 5.32 Å². The summed E-state index contributed by atoms with van der Waals surface area (Å²) in [6.07, 6.45) is 2.58. The van der Waals surface area contributed by atoms with Crippen molar-refractivity contribution in [2.45, 2.75) is 32.9 Å². The van der Waals surface area contributed by atoms with E-state index < -0.39 is 0 Å². The van der Waals surface area contributed by atoms with Gasteiger partial charge in [0.2, 0.25) is 5.91 Å². The average Bonchev–Trinajstić information content (AvgIpc) is 2.98. The minimum Gasteiger partial charge on any atom is -0.467 e. The molecule has 1 heterocycles. The molecular formula is C16H20N2O2. The van der Waals surface area contributed by atoms with E-state index in [2.05, 4.69) is 29.7 Å². The zero-order valence-corrected chi connectivity index (χ0v) is 11.8. The van der Waals surface area contributed by atoms with E-state index in [1.165, 1.54) is 5.56 Å². The molecule has 0 saturated heterocycles. The molecule has 106 valence electrons. The number of anilines is 1. The van der Waals surface area contributed by atoms with Crippen molar-refractivity contribution in [2.24, 2.45) is 0 Å². The normalized spacial score (nSPS) is 11.9. The number of nitrogens with one attached hydrogen (secondary N) is 2. The quantitative estimate of drug-likeness (QED) is 0.850. The molecule has 0 saturated carbocycles. The molecule has 1 atom stereocenters. The molecule has 1 aromatic heterocycles. The number of furan rings is 1. The first kappa shape index (κ1) is 14.2. The van der Waals surface area contributed by atoms with Crippen LogP contribution in [0.3, 0.4) is 0 Å². The van der Waals surface area contributed by atoms with E-state index in [0.717, 1.165) is 17.9 Å². The molecule has 0 aliphatic heterocycles. The minimum absolute atomic E-state index is 0.0525. The number of hydrogen-bond acceptors (Lipinski definition) is 3. The van der Waals surface area contributed by atoms with Crippen molar-refractivity contribution >= 4 is 11.6 Å². The fraction of sp³-hybridized carbons (Fsp3) is 0.312. The molecule has 20 heavy (non-hydrogen) atoms. The third-order valence-corrected chi connectivity index (χ3v) is 3.13. The van der Waals surface area contributed by atoms with Crippen LogP contribution in [0.4, 0.5) is 5.69 Å². The van der Waals surface area contributed by atoms with E-state index in [1.54, 1.807) is 12.3 Å². The van der Waals surface area contributed by atoms with Crippen LogP contribution in [0.25, 0.3) is 0 Å². The van der Waals surface area contributed by atoms with E-state index in [1.807, 2.05) is 25.1 Å². The molecule has 0 aliphatic rings. The van der Waals surface area contributed by atoms with Gasteiger partial charge in [-0.25, -0.2) is 0 Å². The van der Waals surface area contributed by atoms with Gasteiger partial charge in [0.05, 0.1) is 12.8 Å². The summed E-state index contributed by atoms with van der Waals surface area (Å²) >= 11 is 0. The van der Waals surface area contributed by atoms with Gasteiger partial charge in [-0.15, -0.1) is 0 Å². The summed E-state index contributed by atoms with van der Waals surface area (Å²) in [4.78, 5) is 12.0. The summed E-state index contributed by atoms with van der Waals surface area (Å²) in [5, 5.41) is 6.04. The van der Waals surface area contributed by atoms with Crippen molar-refractivity contribution < 1.29 is 9.21 Å². The summed E-state index contributed by atoms with van der Waals surface area (Å²) in [7, 11) is 0. The lowest BCUT2D eigenvalue weighted by Crippen LogP contribution is -2.37. The summed E-state index contributed by atoms with van der Waals surface area (Å²) in [5.74, 6) is 0.696. The number of aryl methyl sites for hydroxylation is 1. The fourth-order valence-electron chi connectivity index (χ4n) is 1.94. The van der Waals surface area contributed by atoms with Crippen molar-refractivity contribution in [3.8, 4) is 0 Å². The van der Waals surface area contributed by atoms with Crippen LogP contribution in [0, 0.1) is 0 Å². The van der Waals surface area contributed by atoms with Gasteiger partial charge in [-0.1, -0.05) is 19.1 Å². The highest BCUT2D eigenvalue weighted by atomic mass is 16.3. The van der Waals surface area contributed by atoms with Gasteiger partial charge in [0, 0.05) is 5.69 Å². The van der Waals surface area contributed by atoms with Crippen molar-refractivity contribution in [2.75, 3.05) is 5.32 Å². The highest BCUT2D eigenvalue weighted by Gasteiger charge is 2.12. The Morgan fingerprint density at radius 1 is 1.30 bits per heavy atom. The Hall–Kier alpha value is -2.23.